The highest BCUT2D eigenvalue weighted by Crippen LogP contribution is 2.29. The molecule has 11 heteroatoms. The second-order valence-corrected chi connectivity index (χ2v) is 11.9. The van der Waals surface area contributed by atoms with Crippen LogP contribution in [0.25, 0.3) is 0 Å². The van der Waals surface area contributed by atoms with Crippen molar-refractivity contribution in [1.82, 2.24) is 10.2 Å². The molecule has 3 aromatic rings. The van der Waals surface area contributed by atoms with E-state index >= 15 is 0 Å². The van der Waals surface area contributed by atoms with Crippen molar-refractivity contribution in [2.45, 2.75) is 36.9 Å². The number of amides is 1. The number of hydrogen-bond donors (Lipinski definition) is 2. The van der Waals surface area contributed by atoms with Crippen LogP contribution < -0.4 is 10.0 Å². The van der Waals surface area contributed by atoms with Gasteiger partial charge in [-0.05, 0) is 49.6 Å². The lowest BCUT2D eigenvalue weighted by molar-refractivity contribution is 0.102. The second kappa shape index (κ2) is 10.2. The molecule has 0 aliphatic rings. The molecular weight excluding hydrogens is 488 g/mol. The molecule has 2 aromatic carbocycles. The molecule has 1 heterocycles. The molecule has 0 radical (unpaired) electrons. The molecule has 7 nitrogen and oxygen atoms in total. The van der Waals surface area contributed by atoms with Crippen LogP contribution in [0.2, 0.25) is 5.02 Å². The lowest BCUT2D eigenvalue weighted by Crippen LogP contribution is -2.17. The first kappa shape index (κ1) is 24.5. The summed E-state index contributed by atoms with van der Waals surface area (Å²) in [6.45, 7) is 7.95. The molecule has 32 heavy (non-hydrogen) atoms. The van der Waals surface area contributed by atoms with E-state index in [0.29, 0.717) is 16.7 Å². The number of carbonyl (C=O) groups is 1. The van der Waals surface area contributed by atoms with E-state index in [1.54, 1.807) is 17.8 Å². The number of sulfonamides is 1. The van der Waals surface area contributed by atoms with Crippen LogP contribution in [0.3, 0.4) is 0 Å². The van der Waals surface area contributed by atoms with Gasteiger partial charge >= 0.3 is 0 Å². The van der Waals surface area contributed by atoms with Crippen LogP contribution in [0.4, 0.5) is 10.8 Å². The molecule has 170 valence electrons. The molecule has 0 atom stereocenters. The van der Waals surface area contributed by atoms with Gasteiger partial charge in [0.2, 0.25) is 5.13 Å². The summed E-state index contributed by atoms with van der Waals surface area (Å²) in [5, 5.41) is 11.1. The van der Waals surface area contributed by atoms with Gasteiger partial charge in [-0.1, -0.05) is 66.2 Å². The van der Waals surface area contributed by atoms with Crippen molar-refractivity contribution in [3.63, 3.8) is 0 Å². The van der Waals surface area contributed by atoms with Crippen molar-refractivity contribution >= 4 is 61.4 Å². The number of aryl methyl sites for hydroxylation is 2. The predicted octanol–water partition coefficient (Wildman–Crippen LogP) is 5.61. The van der Waals surface area contributed by atoms with Gasteiger partial charge in [0.1, 0.15) is 4.90 Å². The van der Waals surface area contributed by atoms with Crippen molar-refractivity contribution in [2.24, 2.45) is 5.92 Å². The Bertz CT molecular complexity index is 1240. The number of hydrogen-bond acceptors (Lipinski definition) is 7. The summed E-state index contributed by atoms with van der Waals surface area (Å²) in [6, 6.07) is 9.47. The van der Waals surface area contributed by atoms with Crippen LogP contribution in [-0.4, -0.2) is 30.3 Å². The number of thioether (sulfide) groups is 1. The number of nitrogens with one attached hydrogen (secondary N) is 2. The molecule has 3 rings (SSSR count). The minimum absolute atomic E-state index is 0.0158. The van der Waals surface area contributed by atoms with Crippen LogP contribution in [0, 0.1) is 19.8 Å². The van der Waals surface area contributed by atoms with Crippen molar-refractivity contribution in [1.29, 1.82) is 0 Å². The van der Waals surface area contributed by atoms with E-state index in [1.165, 1.54) is 29.5 Å². The summed E-state index contributed by atoms with van der Waals surface area (Å²) >= 11 is 9.01. The first-order valence-corrected chi connectivity index (χ1v) is 13.4. The third-order valence-electron chi connectivity index (χ3n) is 4.28. The minimum atomic E-state index is -4.01. The standard InChI is InChI=1S/C21H23ClN4O3S3/c1-12(2)11-30-21-25-24-20(31-21)23-19(27)15-6-7-16(22)18(10-15)32(28,29)26-17-8-5-13(3)9-14(17)4/h5-10,12,26H,11H2,1-4H3,(H,23,24,27). The number of nitrogens with zero attached hydrogens (tertiary/aromatic N) is 2. The fourth-order valence-electron chi connectivity index (χ4n) is 2.70. The van der Waals surface area contributed by atoms with Crippen molar-refractivity contribution < 1.29 is 13.2 Å². The van der Waals surface area contributed by atoms with E-state index in [1.807, 2.05) is 26.0 Å². The van der Waals surface area contributed by atoms with E-state index < -0.39 is 15.9 Å². The summed E-state index contributed by atoms with van der Waals surface area (Å²) in [4.78, 5) is 12.5. The molecule has 0 saturated heterocycles. The van der Waals surface area contributed by atoms with Gasteiger partial charge in [-0.3, -0.25) is 14.8 Å². The van der Waals surface area contributed by atoms with Gasteiger partial charge in [-0.25, -0.2) is 8.42 Å². The van der Waals surface area contributed by atoms with Gasteiger partial charge in [-0.15, -0.1) is 10.2 Å². The van der Waals surface area contributed by atoms with Crippen LogP contribution in [-0.2, 0) is 10.0 Å². The molecule has 0 unspecified atom stereocenters. The van der Waals surface area contributed by atoms with Gasteiger partial charge in [0.05, 0.1) is 10.7 Å². The summed E-state index contributed by atoms with van der Waals surface area (Å²) in [5.41, 5.74) is 2.38. The first-order valence-electron chi connectivity index (χ1n) is 9.72. The highest BCUT2D eigenvalue weighted by atomic mass is 35.5. The SMILES string of the molecule is Cc1ccc(NS(=O)(=O)c2cc(C(=O)Nc3nnc(SCC(C)C)s3)ccc2Cl)c(C)c1. The third kappa shape index (κ3) is 6.22. The van der Waals surface area contributed by atoms with Crippen molar-refractivity contribution in [3.8, 4) is 0 Å². The average molecular weight is 511 g/mol. The first-order chi connectivity index (χ1) is 15.0. The molecule has 2 N–H and O–H groups in total. The topological polar surface area (TPSA) is 101 Å². The number of carbonyl (C=O) groups excluding carboxylic acids is 1. The Balaban J connectivity index is 1.79. The predicted molar refractivity (Wildman–Crippen MR) is 132 cm³/mol. The van der Waals surface area contributed by atoms with Crippen LogP contribution in [0.1, 0.15) is 35.3 Å². The molecule has 1 aromatic heterocycles. The largest absolute Gasteiger partial charge is 0.296 e. The quantitative estimate of drug-likeness (QED) is 0.301. The second-order valence-electron chi connectivity index (χ2n) is 7.60. The maximum atomic E-state index is 13.0. The Hall–Kier alpha value is -2.14. The van der Waals surface area contributed by atoms with E-state index in [9.17, 15) is 13.2 Å². The van der Waals surface area contributed by atoms with Gasteiger partial charge in [-0.2, -0.15) is 0 Å². The Kier molecular flexibility index (Phi) is 7.81. The highest BCUT2D eigenvalue weighted by Gasteiger charge is 2.22. The summed E-state index contributed by atoms with van der Waals surface area (Å²) < 4.78 is 29.2. The Morgan fingerprint density at radius 3 is 2.59 bits per heavy atom. The van der Waals surface area contributed by atoms with Crippen molar-refractivity contribution in [3.05, 3.63) is 58.1 Å². The van der Waals surface area contributed by atoms with Crippen molar-refractivity contribution in [2.75, 3.05) is 15.8 Å². The van der Waals surface area contributed by atoms with Gasteiger partial charge in [0, 0.05) is 11.3 Å². The Labute approximate surface area is 201 Å². The van der Waals surface area contributed by atoms with E-state index in [4.69, 9.17) is 11.6 Å². The number of anilines is 2. The minimum Gasteiger partial charge on any atom is -0.296 e. The van der Waals surface area contributed by atoms with E-state index in [-0.39, 0.29) is 15.5 Å². The smallest absolute Gasteiger partial charge is 0.263 e. The van der Waals surface area contributed by atoms with Crippen LogP contribution in [0.15, 0.2) is 45.6 Å². The summed E-state index contributed by atoms with van der Waals surface area (Å²) in [5.74, 6) is 0.906. The molecular formula is C21H23ClN4O3S3. The molecule has 0 aliphatic heterocycles. The molecule has 0 aliphatic carbocycles. The lowest BCUT2D eigenvalue weighted by Gasteiger charge is -2.13. The van der Waals surface area contributed by atoms with Gasteiger partial charge in [0.15, 0.2) is 4.34 Å². The normalized spacial score (nSPS) is 11.6. The zero-order valence-corrected chi connectivity index (χ0v) is 21.2. The van der Waals surface area contributed by atoms with E-state index in [0.717, 1.165) is 21.2 Å². The number of aromatic nitrogens is 2. The maximum absolute atomic E-state index is 13.0. The average Bonchev–Trinajstić information content (AvgIpc) is 3.16. The number of benzene rings is 2. The monoisotopic (exact) mass is 510 g/mol. The van der Waals surface area contributed by atoms with Gasteiger partial charge < -0.3 is 0 Å². The fraction of sp³-hybridized carbons (Fsp3) is 0.286. The third-order valence-corrected chi connectivity index (χ3v) is 8.52. The maximum Gasteiger partial charge on any atom is 0.263 e. The fourth-order valence-corrected chi connectivity index (χ4v) is 6.09. The molecule has 0 saturated carbocycles. The molecule has 0 fully saturated rings. The zero-order chi connectivity index (χ0) is 23.5. The number of rotatable bonds is 8. The van der Waals surface area contributed by atoms with Crippen LogP contribution in [0.5, 0.6) is 0 Å². The summed E-state index contributed by atoms with van der Waals surface area (Å²) in [7, 11) is -4.01. The van der Waals surface area contributed by atoms with Crippen LogP contribution >= 0.6 is 34.7 Å². The Morgan fingerprint density at radius 1 is 1.16 bits per heavy atom. The highest BCUT2D eigenvalue weighted by molar-refractivity contribution is 8.01. The van der Waals surface area contributed by atoms with E-state index in [2.05, 4.69) is 34.1 Å². The van der Waals surface area contributed by atoms with Gasteiger partial charge in [0.25, 0.3) is 15.9 Å². The molecule has 0 spiro atoms. The molecule has 0 bridgehead atoms. The zero-order valence-electron chi connectivity index (χ0n) is 18.0. The summed E-state index contributed by atoms with van der Waals surface area (Å²) in [6.07, 6.45) is 0. The molecule has 1 amide bonds. The Morgan fingerprint density at radius 2 is 1.91 bits per heavy atom. The number of halogens is 1. The lowest BCUT2D eigenvalue weighted by atomic mass is 10.1.